The Hall–Kier alpha value is -2.72. The minimum Gasteiger partial charge on any atom is -0.322 e. The average molecular weight is 383 g/mol. The van der Waals surface area contributed by atoms with E-state index in [1.165, 1.54) is 17.7 Å². The molecule has 0 aliphatic carbocycles. The van der Waals surface area contributed by atoms with Crippen LogP contribution in [0.15, 0.2) is 60.8 Å². The molecule has 1 heterocycles. The quantitative estimate of drug-likeness (QED) is 0.562. The number of nitrogens with one attached hydrogen (secondary N) is 1. The predicted molar refractivity (Wildman–Crippen MR) is 108 cm³/mol. The zero-order chi connectivity index (χ0) is 19.4. The molecule has 1 atom stereocenters. The topological polar surface area (TPSA) is 42.0 Å². The van der Waals surface area contributed by atoms with Crippen molar-refractivity contribution in [2.45, 2.75) is 26.2 Å². The summed E-state index contributed by atoms with van der Waals surface area (Å²) < 4.78 is 14.5. The largest absolute Gasteiger partial charge is 0.322 e. The van der Waals surface area contributed by atoms with Gasteiger partial charge in [-0.3, -0.25) is 9.78 Å². The minimum atomic E-state index is -0.546. The van der Waals surface area contributed by atoms with Crippen LogP contribution in [0.25, 0.3) is 11.3 Å². The molecule has 1 aromatic heterocycles. The highest BCUT2D eigenvalue weighted by molar-refractivity contribution is 6.33. The van der Waals surface area contributed by atoms with Crippen molar-refractivity contribution in [1.82, 2.24) is 4.98 Å². The van der Waals surface area contributed by atoms with Gasteiger partial charge >= 0.3 is 0 Å². The van der Waals surface area contributed by atoms with Crippen molar-refractivity contribution in [1.29, 1.82) is 0 Å². The first kappa shape index (κ1) is 19.1. The summed E-state index contributed by atoms with van der Waals surface area (Å²) in [5, 5.41) is 3.15. The molecule has 1 unspecified atom stereocenters. The summed E-state index contributed by atoms with van der Waals surface area (Å²) in [5.41, 5.74) is 2.73. The lowest BCUT2D eigenvalue weighted by Crippen LogP contribution is -2.12. The van der Waals surface area contributed by atoms with Crippen LogP contribution in [0.1, 0.15) is 42.1 Å². The van der Waals surface area contributed by atoms with Crippen LogP contribution in [0.2, 0.25) is 5.02 Å². The van der Waals surface area contributed by atoms with E-state index in [1.807, 2.05) is 24.3 Å². The number of carbonyl (C=O) groups is 1. The van der Waals surface area contributed by atoms with Gasteiger partial charge in [0, 0.05) is 23.0 Å². The number of hydrogen-bond donors (Lipinski definition) is 1. The molecule has 0 aliphatic heterocycles. The minimum absolute atomic E-state index is 0.231. The summed E-state index contributed by atoms with van der Waals surface area (Å²) in [6.07, 6.45) is 2.60. The fourth-order valence-electron chi connectivity index (χ4n) is 2.77. The summed E-state index contributed by atoms with van der Waals surface area (Å²) >= 11 is 6.08. The van der Waals surface area contributed by atoms with Crippen LogP contribution >= 0.6 is 11.6 Å². The molecule has 0 bridgehead atoms. The third-order valence-corrected chi connectivity index (χ3v) is 4.90. The van der Waals surface area contributed by atoms with Gasteiger partial charge in [-0.25, -0.2) is 4.39 Å². The molecule has 0 saturated carbocycles. The van der Waals surface area contributed by atoms with E-state index in [9.17, 15) is 9.18 Å². The summed E-state index contributed by atoms with van der Waals surface area (Å²) in [4.78, 5) is 16.5. The van der Waals surface area contributed by atoms with E-state index in [4.69, 9.17) is 11.6 Å². The number of anilines is 1. The van der Waals surface area contributed by atoms with Crippen molar-refractivity contribution in [2.24, 2.45) is 0 Å². The number of halogens is 2. The number of amides is 1. The SMILES string of the molecule is CCC(C)c1ccc(NC(=O)c2ccc(-c3ncccc3Cl)c(F)c2)cc1. The standard InChI is InChI=1S/C22H20ClFN2O/c1-3-14(2)15-6-9-17(10-7-15)26-22(27)16-8-11-18(20(24)13-16)21-19(23)5-4-12-25-21/h4-14H,3H2,1-2H3,(H,26,27). The maximum atomic E-state index is 14.5. The highest BCUT2D eigenvalue weighted by Crippen LogP contribution is 2.28. The first-order chi connectivity index (χ1) is 13.0. The van der Waals surface area contributed by atoms with E-state index in [1.54, 1.807) is 24.4 Å². The highest BCUT2D eigenvalue weighted by atomic mass is 35.5. The third kappa shape index (κ3) is 4.34. The van der Waals surface area contributed by atoms with Crippen LogP contribution in [-0.2, 0) is 0 Å². The van der Waals surface area contributed by atoms with E-state index < -0.39 is 5.82 Å². The molecule has 1 amide bonds. The van der Waals surface area contributed by atoms with Crippen molar-refractivity contribution in [3.05, 3.63) is 82.8 Å². The Morgan fingerprint density at radius 1 is 1.19 bits per heavy atom. The van der Waals surface area contributed by atoms with Gasteiger partial charge in [0.05, 0.1) is 10.7 Å². The average Bonchev–Trinajstić information content (AvgIpc) is 2.68. The third-order valence-electron chi connectivity index (χ3n) is 4.59. The van der Waals surface area contributed by atoms with Gasteiger partial charge in [0.25, 0.3) is 5.91 Å². The number of pyridine rings is 1. The van der Waals surface area contributed by atoms with Gasteiger partial charge in [0.15, 0.2) is 0 Å². The van der Waals surface area contributed by atoms with Crippen molar-refractivity contribution in [3.8, 4) is 11.3 Å². The molecule has 0 saturated heterocycles. The second-order valence-electron chi connectivity index (χ2n) is 6.41. The second kappa shape index (κ2) is 8.31. The van der Waals surface area contributed by atoms with Crippen molar-refractivity contribution in [3.63, 3.8) is 0 Å². The van der Waals surface area contributed by atoms with Crippen LogP contribution in [0.4, 0.5) is 10.1 Å². The normalized spacial score (nSPS) is 11.9. The Bertz CT molecular complexity index is 957. The van der Waals surface area contributed by atoms with E-state index >= 15 is 0 Å². The number of benzene rings is 2. The van der Waals surface area contributed by atoms with Gasteiger partial charge in [0.2, 0.25) is 0 Å². The fourth-order valence-corrected chi connectivity index (χ4v) is 2.99. The van der Waals surface area contributed by atoms with Crippen molar-refractivity contribution in [2.75, 3.05) is 5.32 Å². The smallest absolute Gasteiger partial charge is 0.255 e. The summed E-state index contributed by atoms with van der Waals surface area (Å²) in [6, 6.07) is 15.3. The zero-order valence-corrected chi connectivity index (χ0v) is 15.9. The molecule has 3 rings (SSSR count). The van der Waals surface area contributed by atoms with Gasteiger partial charge in [-0.15, -0.1) is 0 Å². The Morgan fingerprint density at radius 2 is 1.93 bits per heavy atom. The second-order valence-corrected chi connectivity index (χ2v) is 6.82. The van der Waals surface area contributed by atoms with E-state index in [0.29, 0.717) is 22.3 Å². The predicted octanol–water partition coefficient (Wildman–Crippen LogP) is 6.31. The Labute approximate surface area is 163 Å². The highest BCUT2D eigenvalue weighted by Gasteiger charge is 2.14. The van der Waals surface area contributed by atoms with Gasteiger partial charge in [-0.1, -0.05) is 37.6 Å². The molecule has 5 heteroatoms. The molecule has 1 N–H and O–H groups in total. The van der Waals surface area contributed by atoms with Gasteiger partial charge in [-0.05, 0) is 60.4 Å². The van der Waals surface area contributed by atoms with Crippen LogP contribution in [0.5, 0.6) is 0 Å². The lowest BCUT2D eigenvalue weighted by atomic mass is 9.98. The summed E-state index contributed by atoms with van der Waals surface area (Å²) in [7, 11) is 0. The number of rotatable bonds is 5. The molecule has 138 valence electrons. The lowest BCUT2D eigenvalue weighted by Gasteiger charge is -2.11. The Kier molecular flexibility index (Phi) is 5.87. The number of aromatic nitrogens is 1. The van der Waals surface area contributed by atoms with Crippen LogP contribution in [0, 0.1) is 5.82 Å². The molecule has 3 aromatic rings. The monoisotopic (exact) mass is 382 g/mol. The molecule has 0 spiro atoms. The number of carbonyl (C=O) groups excluding carboxylic acids is 1. The summed E-state index contributed by atoms with van der Waals surface area (Å²) in [6.45, 7) is 4.29. The Balaban J connectivity index is 1.78. The van der Waals surface area contributed by atoms with E-state index in [-0.39, 0.29) is 17.0 Å². The van der Waals surface area contributed by atoms with Crippen LogP contribution in [-0.4, -0.2) is 10.9 Å². The number of nitrogens with zero attached hydrogens (tertiary/aromatic N) is 1. The zero-order valence-electron chi connectivity index (χ0n) is 15.2. The molecule has 27 heavy (non-hydrogen) atoms. The van der Waals surface area contributed by atoms with E-state index in [0.717, 1.165) is 6.42 Å². The lowest BCUT2D eigenvalue weighted by molar-refractivity contribution is 0.102. The number of hydrogen-bond acceptors (Lipinski definition) is 2. The van der Waals surface area contributed by atoms with Gasteiger partial charge < -0.3 is 5.32 Å². The Morgan fingerprint density at radius 3 is 2.56 bits per heavy atom. The maximum Gasteiger partial charge on any atom is 0.255 e. The molecule has 2 aromatic carbocycles. The molecule has 0 fully saturated rings. The fraction of sp³-hybridized carbons (Fsp3) is 0.182. The first-order valence-electron chi connectivity index (χ1n) is 8.81. The van der Waals surface area contributed by atoms with Crippen molar-refractivity contribution < 1.29 is 9.18 Å². The van der Waals surface area contributed by atoms with Crippen LogP contribution in [0.3, 0.4) is 0 Å². The molecule has 0 radical (unpaired) electrons. The molecular weight excluding hydrogens is 363 g/mol. The molecule has 0 aliphatic rings. The van der Waals surface area contributed by atoms with Crippen LogP contribution < -0.4 is 5.32 Å². The molecular formula is C22H20ClFN2O. The molecule has 3 nitrogen and oxygen atoms in total. The first-order valence-corrected chi connectivity index (χ1v) is 9.19. The van der Waals surface area contributed by atoms with Gasteiger partial charge in [-0.2, -0.15) is 0 Å². The van der Waals surface area contributed by atoms with Gasteiger partial charge in [0.1, 0.15) is 5.82 Å². The summed E-state index contributed by atoms with van der Waals surface area (Å²) in [5.74, 6) is -0.450. The van der Waals surface area contributed by atoms with Crippen molar-refractivity contribution >= 4 is 23.2 Å². The van der Waals surface area contributed by atoms with E-state index in [2.05, 4.69) is 24.1 Å². The maximum absolute atomic E-state index is 14.5.